The minimum atomic E-state index is -4.62. The van der Waals surface area contributed by atoms with Crippen molar-refractivity contribution < 1.29 is 27.2 Å². The lowest BCUT2D eigenvalue weighted by Crippen LogP contribution is -2.54. The van der Waals surface area contributed by atoms with E-state index >= 15 is 0 Å². The van der Waals surface area contributed by atoms with Crippen molar-refractivity contribution in [2.24, 2.45) is 5.92 Å². The Labute approximate surface area is 167 Å². The van der Waals surface area contributed by atoms with E-state index in [1.165, 1.54) is 6.07 Å². The third-order valence-electron chi connectivity index (χ3n) is 5.29. The van der Waals surface area contributed by atoms with Crippen LogP contribution in [0.5, 0.6) is 0 Å². The average molecular weight is 417 g/mol. The molecular weight excluding hydrogens is 390 g/mol. The third kappa shape index (κ3) is 6.16. The van der Waals surface area contributed by atoms with Gasteiger partial charge in [0.15, 0.2) is 0 Å². The van der Waals surface area contributed by atoms with Crippen LogP contribution in [0.25, 0.3) is 0 Å². The van der Waals surface area contributed by atoms with E-state index in [0.717, 1.165) is 12.1 Å². The standard InChI is InChI=1S/C20H27F4N3O2/c1-19(2,25-3)18(29)27-6-4-13(5-7-27)10-17(28)26-16-9-14(12-21)8-15(11-16)20(22,23)24/h8-9,11,13,25H,4-7,10,12H2,1-3H3,(H,26,28). The highest BCUT2D eigenvalue weighted by Gasteiger charge is 2.33. The number of likely N-dealkylation sites (N-methyl/N-ethyl adjacent to an activating group) is 1. The molecule has 2 amide bonds. The van der Waals surface area contributed by atoms with Crippen molar-refractivity contribution in [3.8, 4) is 0 Å². The van der Waals surface area contributed by atoms with Crippen LogP contribution in [0.15, 0.2) is 18.2 Å². The van der Waals surface area contributed by atoms with Gasteiger partial charge >= 0.3 is 6.18 Å². The maximum absolute atomic E-state index is 12.9. The molecule has 1 aliphatic heterocycles. The molecule has 0 unspecified atom stereocenters. The minimum Gasteiger partial charge on any atom is -0.341 e. The van der Waals surface area contributed by atoms with Crippen LogP contribution in [0, 0.1) is 5.92 Å². The molecule has 1 fully saturated rings. The van der Waals surface area contributed by atoms with Crippen molar-refractivity contribution >= 4 is 17.5 Å². The number of rotatable bonds is 6. The van der Waals surface area contributed by atoms with Crippen LogP contribution >= 0.6 is 0 Å². The summed E-state index contributed by atoms with van der Waals surface area (Å²) in [6.45, 7) is 3.60. The number of carbonyl (C=O) groups is 2. The Kier molecular flexibility index (Phi) is 7.26. The monoisotopic (exact) mass is 417 g/mol. The Balaban J connectivity index is 1.93. The van der Waals surface area contributed by atoms with Gasteiger partial charge in [-0.25, -0.2) is 4.39 Å². The summed E-state index contributed by atoms with van der Waals surface area (Å²) in [5.74, 6) is -0.400. The zero-order chi connectivity index (χ0) is 21.8. The summed E-state index contributed by atoms with van der Waals surface area (Å²) >= 11 is 0. The third-order valence-corrected chi connectivity index (χ3v) is 5.29. The first-order chi connectivity index (χ1) is 13.5. The number of benzene rings is 1. The Bertz CT molecular complexity index is 742. The first kappa shape index (κ1) is 23.1. The molecule has 9 heteroatoms. The van der Waals surface area contributed by atoms with Crippen molar-refractivity contribution in [2.45, 2.75) is 51.5 Å². The van der Waals surface area contributed by atoms with Gasteiger partial charge in [-0.05, 0) is 63.4 Å². The van der Waals surface area contributed by atoms with Crippen molar-refractivity contribution in [3.05, 3.63) is 29.3 Å². The van der Waals surface area contributed by atoms with Crippen molar-refractivity contribution in [2.75, 3.05) is 25.5 Å². The molecule has 2 N–H and O–H groups in total. The van der Waals surface area contributed by atoms with E-state index in [1.54, 1.807) is 25.8 Å². The van der Waals surface area contributed by atoms with Gasteiger partial charge in [0.2, 0.25) is 11.8 Å². The lowest BCUT2D eigenvalue weighted by molar-refractivity contribution is -0.139. The van der Waals surface area contributed by atoms with E-state index in [1.807, 2.05) is 0 Å². The van der Waals surface area contributed by atoms with Gasteiger partial charge in [-0.3, -0.25) is 9.59 Å². The average Bonchev–Trinajstić information content (AvgIpc) is 2.66. The van der Waals surface area contributed by atoms with Gasteiger partial charge in [0, 0.05) is 25.2 Å². The maximum atomic E-state index is 12.9. The summed E-state index contributed by atoms with van der Waals surface area (Å²) in [5.41, 5.74) is -1.88. The molecular formula is C20H27F4N3O2. The number of nitrogens with zero attached hydrogens (tertiary/aromatic N) is 1. The molecule has 2 rings (SSSR count). The Morgan fingerprint density at radius 1 is 1.14 bits per heavy atom. The van der Waals surface area contributed by atoms with Crippen LogP contribution in [0.1, 0.15) is 44.2 Å². The molecule has 162 valence electrons. The SMILES string of the molecule is CNC(C)(C)C(=O)N1CCC(CC(=O)Nc2cc(CF)cc(C(F)(F)F)c2)CC1. The van der Waals surface area contributed by atoms with E-state index in [0.29, 0.717) is 25.9 Å². The van der Waals surface area contributed by atoms with E-state index in [2.05, 4.69) is 10.6 Å². The first-order valence-electron chi connectivity index (χ1n) is 9.51. The summed E-state index contributed by atoms with van der Waals surface area (Å²) in [7, 11) is 1.72. The van der Waals surface area contributed by atoms with E-state index < -0.39 is 29.9 Å². The highest BCUT2D eigenvalue weighted by atomic mass is 19.4. The zero-order valence-corrected chi connectivity index (χ0v) is 16.8. The van der Waals surface area contributed by atoms with Crippen LogP contribution in [0.3, 0.4) is 0 Å². The van der Waals surface area contributed by atoms with E-state index in [-0.39, 0.29) is 29.5 Å². The van der Waals surface area contributed by atoms with Gasteiger partial charge in [-0.1, -0.05) is 0 Å². The van der Waals surface area contributed by atoms with Crippen LogP contribution < -0.4 is 10.6 Å². The van der Waals surface area contributed by atoms with Gasteiger partial charge in [0.05, 0.1) is 11.1 Å². The van der Waals surface area contributed by atoms with Gasteiger partial charge in [-0.15, -0.1) is 0 Å². The molecule has 0 saturated carbocycles. The van der Waals surface area contributed by atoms with Gasteiger partial charge in [-0.2, -0.15) is 13.2 Å². The summed E-state index contributed by atoms with van der Waals surface area (Å²) in [4.78, 5) is 26.5. The molecule has 0 radical (unpaired) electrons. The number of alkyl halides is 4. The number of hydrogen-bond acceptors (Lipinski definition) is 3. The molecule has 0 aromatic heterocycles. The van der Waals surface area contributed by atoms with Gasteiger partial charge in [0.25, 0.3) is 0 Å². The van der Waals surface area contributed by atoms with Gasteiger partial charge < -0.3 is 15.5 Å². The van der Waals surface area contributed by atoms with E-state index in [9.17, 15) is 27.2 Å². The maximum Gasteiger partial charge on any atom is 0.416 e. The molecule has 1 saturated heterocycles. The molecule has 1 heterocycles. The van der Waals surface area contributed by atoms with Crippen molar-refractivity contribution in [1.29, 1.82) is 0 Å². The Morgan fingerprint density at radius 2 is 1.76 bits per heavy atom. The number of halogens is 4. The van der Waals surface area contributed by atoms with Crippen LogP contribution in [-0.2, 0) is 22.4 Å². The number of likely N-dealkylation sites (tertiary alicyclic amines) is 1. The number of nitrogens with one attached hydrogen (secondary N) is 2. The highest BCUT2D eigenvalue weighted by molar-refractivity contribution is 5.91. The van der Waals surface area contributed by atoms with Crippen molar-refractivity contribution in [1.82, 2.24) is 10.2 Å². The number of hydrogen-bond donors (Lipinski definition) is 2. The number of piperidine rings is 1. The molecule has 0 bridgehead atoms. The predicted octanol–water partition coefficient (Wildman–Crippen LogP) is 3.74. The second-order valence-electron chi connectivity index (χ2n) is 7.91. The largest absolute Gasteiger partial charge is 0.416 e. The molecule has 0 spiro atoms. The minimum absolute atomic E-state index is 0.00869. The van der Waals surface area contributed by atoms with Crippen LogP contribution in [-0.4, -0.2) is 42.4 Å². The molecule has 29 heavy (non-hydrogen) atoms. The molecule has 1 aliphatic rings. The second-order valence-corrected chi connectivity index (χ2v) is 7.91. The molecule has 5 nitrogen and oxygen atoms in total. The topological polar surface area (TPSA) is 61.4 Å². The quantitative estimate of drug-likeness (QED) is 0.694. The number of anilines is 1. The molecule has 0 atom stereocenters. The lowest BCUT2D eigenvalue weighted by Gasteiger charge is -2.36. The molecule has 0 aliphatic carbocycles. The van der Waals surface area contributed by atoms with Crippen LogP contribution in [0.4, 0.5) is 23.2 Å². The Hall–Kier alpha value is -2.16. The fraction of sp³-hybridized carbons (Fsp3) is 0.600. The lowest BCUT2D eigenvalue weighted by atomic mass is 9.91. The number of amides is 2. The summed E-state index contributed by atoms with van der Waals surface area (Å²) < 4.78 is 51.7. The molecule has 1 aromatic carbocycles. The number of carbonyl (C=O) groups excluding carboxylic acids is 2. The normalized spacial score (nSPS) is 16.0. The summed E-state index contributed by atoms with van der Waals surface area (Å²) in [6, 6.07) is 2.74. The van der Waals surface area contributed by atoms with Crippen molar-refractivity contribution in [3.63, 3.8) is 0 Å². The van der Waals surface area contributed by atoms with Crippen LogP contribution in [0.2, 0.25) is 0 Å². The fourth-order valence-corrected chi connectivity index (χ4v) is 3.32. The second kappa shape index (κ2) is 9.11. The Morgan fingerprint density at radius 3 is 2.28 bits per heavy atom. The van der Waals surface area contributed by atoms with E-state index in [4.69, 9.17) is 0 Å². The smallest absolute Gasteiger partial charge is 0.341 e. The fourth-order valence-electron chi connectivity index (χ4n) is 3.32. The summed E-state index contributed by atoms with van der Waals surface area (Å²) in [6.07, 6.45) is -3.21. The highest BCUT2D eigenvalue weighted by Crippen LogP contribution is 2.32. The zero-order valence-electron chi connectivity index (χ0n) is 16.8. The first-order valence-corrected chi connectivity index (χ1v) is 9.51. The predicted molar refractivity (Wildman–Crippen MR) is 102 cm³/mol. The molecule has 1 aromatic rings. The van der Waals surface area contributed by atoms with Gasteiger partial charge in [0.1, 0.15) is 6.67 Å². The summed E-state index contributed by atoms with van der Waals surface area (Å²) in [5, 5.41) is 5.42.